The zero-order valence-electron chi connectivity index (χ0n) is 14.1. The van der Waals surface area contributed by atoms with Crippen molar-refractivity contribution in [2.75, 3.05) is 11.5 Å². The van der Waals surface area contributed by atoms with Gasteiger partial charge in [-0.25, -0.2) is 0 Å². The van der Waals surface area contributed by atoms with Gasteiger partial charge >= 0.3 is 0 Å². The predicted octanol–water partition coefficient (Wildman–Crippen LogP) is 4.81. The maximum absolute atomic E-state index is 6.08. The van der Waals surface area contributed by atoms with Gasteiger partial charge in [0, 0.05) is 21.9 Å². The molecule has 0 aromatic heterocycles. The fraction of sp³-hybridized carbons (Fsp3) is 0.350. The van der Waals surface area contributed by atoms with E-state index in [9.17, 15) is 0 Å². The van der Waals surface area contributed by atoms with Crippen LogP contribution in [0.1, 0.15) is 31.0 Å². The van der Waals surface area contributed by atoms with Crippen LogP contribution in [0.15, 0.2) is 52.4 Å². The number of aryl methyl sites for hydroxylation is 1. The van der Waals surface area contributed by atoms with Crippen LogP contribution in [-0.2, 0) is 0 Å². The van der Waals surface area contributed by atoms with Gasteiger partial charge in [-0.2, -0.15) is 0 Å². The second-order valence-corrected chi connectivity index (χ2v) is 8.38. The number of thioether (sulfide) groups is 1. The molecule has 24 heavy (non-hydrogen) atoms. The van der Waals surface area contributed by atoms with Gasteiger partial charge in [0.15, 0.2) is 5.17 Å². The Labute approximate surface area is 146 Å². The van der Waals surface area contributed by atoms with Gasteiger partial charge in [0.25, 0.3) is 0 Å². The van der Waals surface area contributed by atoms with Crippen molar-refractivity contribution in [1.29, 1.82) is 0 Å². The number of anilines is 1. The van der Waals surface area contributed by atoms with E-state index in [4.69, 9.17) is 9.73 Å². The number of benzene rings is 2. The molecule has 0 saturated heterocycles. The first-order valence-corrected chi connectivity index (χ1v) is 9.25. The van der Waals surface area contributed by atoms with Gasteiger partial charge in [-0.15, -0.1) is 0 Å². The number of hydrogen-bond acceptors (Lipinski definition) is 4. The van der Waals surface area contributed by atoms with Crippen molar-refractivity contribution in [2.45, 2.75) is 37.2 Å². The molecule has 3 heterocycles. The number of para-hydroxylation sites is 1. The van der Waals surface area contributed by atoms with E-state index in [1.165, 1.54) is 21.7 Å². The molecule has 0 spiro atoms. The first-order chi connectivity index (χ1) is 11.6. The molecule has 0 unspecified atom stereocenters. The van der Waals surface area contributed by atoms with Gasteiger partial charge in [0.2, 0.25) is 0 Å². The normalized spacial score (nSPS) is 25.8. The number of hydrogen-bond donors (Lipinski definition) is 0. The highest BCUT2D eigenvalue weighted by Gasteiger charge is 2.51. The third kappa shape index (κ3) is 1.83. The second kappa shape index (κ2) is 4.79. The summed E-state index contributed by atoms with van der Waals surface area (Å²) in [4.78, 5) is 8.91. The minimum Gasteiger partial charge on any atom is -0.493 e. The maximum Gasteiger partial charge on any atom is 0.169 e. The molecule has 0 fully saturated rings. The van der Waals surface area contributed by atoms with Crippen LogP contribution in [0.5, 0.6) is 5.75 Å². The fourth-order valence-corrected chi connectivity index (χ4v) is 5.45. The van der Waals surface area contributed by atoms with Crippen LogP contribution < -0.4 is 9.64 Å². The lowest BCUT2D eigenvalue weighted by molar-refractivity contribution is 0.133. The minimum atomic E-state index is -0.0389. The van der Waals surface area contributed by atoms with Crippen LogP contribution in [-0.4, -0.2) is 17.3 Å². The maximum atomic E-state index is 6.08. The van der Waals surface area contributed by atoms with E-state index in [0.29, 0.717) is 12.5 Å². The summed E-state index contributed by atoms with van der Waals surface area (Å²) in [6.45, 7) is 7.51. The Morgan fingerprint density at radius 1 is 1.21 bits per heavy atom. The summed E-state index contributed by atoms with van der Waals surface area (Å²) in [5.74, 6) is 1.33. The lowest BCUT2D eigenvalue weighted by Gasteiger charge is -2.50. The molecular formula is C20H20N2OS. The Bertz CT molecular complexity index is 874. The van der Waals surface area contributed by atoms with Crippen molar-refractivity contribution < 1.29 is 4.74 Å². The van der Waals surface area contributed by atoms with Gasteiger partial charge in [-0.1, -0.05) is 24.3 Å². The average Bonchev–Trinajstić information content (AvgIpc) is 2.92. The first kappa shape index (κ1) is 14.4. The van der Waals surface area contributed by atoms with Gasteiger partial charge in [0.05, 0.1) is 18.3 Å². The first-order valence-electron chi connectivity index (χ1n) is 8.44. The molecule has 3 nitrogen and oxygen atoms in total. The highest BCUT2D eigenvalue weighted by Crippen LogP contribution is 2.54. The average molecular weight is 336 g/mol. The Hall–Kier alpha value is -1.94. The molecule has 0 N–H and O–H groups in total. The highest BCUT2D eigenvalue weighted by molar-refractivity contribution is 8.14. The zero-order chi connectivity index (χ0) is 16.5. The third-order valence-electron chi connectivity index (χ3n) is 5.52. The molecule has 2 aromatic carbocycles. The smallest absolute Gasteiger partial charge is 0.169 e. The second-order valence-electron chi connectivity index (χ2n) is 7.37. The van der Waals surface area contributed by atoms with Crippen molar-refractivity contribution in [3.63, 3.8) is 0 Å². The fourth-order valence-electron chi connectivity index (χ4n) is 4.15. The quantitative estimate of drug-likeness (QED) is 0.690. The molecular weight excluding hydrogens is 316 g/mol. The third-order valence-corrected chi connectivity index (χ3v) is 6.54. The molecule has 0 aliphatic carbocycles. The Balaban J connectivity index is 1.68. The van der Waals surface area contributed by atoms with Crippen LogP contribution in [0, 0.1) is 12.8 Å². The van der Waals surface area contributed by atoms with Gasteiger partial charge in [0.1, 0.15) is 5.75 Å². The summed E-state index contributed by atoms with van der Waals surface area (Å²) in [6.07, 6.45) is 0. The monoisotopic (exact) mass is 336 g/mol. The van der Waals surface area contributed by atoms with E-state index in [2.05, 4.69) is 62.1 Å². The molecule has 0 amide bonds. The van der Waals surface area contributed by atoms with Crippen molar-refractivity contribution in [1.82, 2.24) is 0 Å². The molecule has 5 rings (SSSR count). The number of nitrogens with zero attached hydrogens (tertiary/aromatic N) is 2. The SMILES string of the molecule is Cc1ccc2c(c1)SC1=N[C@H]3c4ccccc4OC[C@@H]3C(C)(C)N12. The predicted molar refractivity (Wildman–Crippen MR) is 99.2 cm³/mol. The van der Waals surface area contributed by atoms with E-state index in [0.717, 1.165) is 10.9 Å². The van der Waals surface area contributed by atoms with Crippen molar-refractivity contribution in [3.8, 4) is 5.75 Å². The van der Waals surface area contributed by atoms with Crippen LogP contribution in [0.2, 0.25) is 0 Å². The Morgan fingerprint density at radius 2 is 2.04 bits per heavy atom. The lowest BCUT2D eigenvalue weighted by atomic mass is 9.76. The van der Waals surface area contributed by atoms with E-state index in [1.807, 2.05) is 6.07 Å². The van der Waals surface area contributed by atoms with E-state index in [1.54, 1.807) is 11.8 Å². The van der Waals surface area contributed by atoms with E-state index < -0.39 is 0 Å². The van der Waals surface area contributed by atoms with Gasteiger partial charge in [-0.3, -0.25) is 4.99 Å². The van der Waals surface area contributed by atoms with Gasteiger partial charge in [-0.05, 0) is 56.3 Å². The van der Waals surface area contributed by atoms with Crippen LogP contribution in [0.25, 0.3) is 0 Å². The van der Waals surface area contributed by atoms with E-state index in [-0.39, 0.29) is 11.6 Å². The number of fused-ring (bicyclic) bond motifs is 6. The number of ether oxygens (including phenoxy) is 1. The van der Waals surface area contributed by atoms with Crippen molar-refractivity contribution in [3.05, 3.63) is 53.6 Å². The highest BCUT2D eigenvalue weighted by atomic mass is 32.2. The Morgan fingerprint density at radius 3 is 2.92 bits per heavy atom. The molecule has 0 radical (unpaired) electrons. The van der Waals surface area contributed by atoms with Crippen LogP contribution >= 0.6 is 11.8 Å². The number of amidine groups is 1. The standard InChI is InChI=1S/C20H20N2OS/c1-12-8-9-15-17(10-12)24-19-21-18-13-6-4-5-7-16(13)23-11-14(18)20(2,3)22(15)19/h4-10,14,18H,11H2,1-3H3/t14-,18-/m0/s1. The molecule has 0 saturated carbocycles. The summed E-state index contributed by atoms with van der Waals surface area (Å²) in [7, 11) is 0. The van der Waals surface area contributed by atoms with E-state index >= 15 is 0 Å². The summed E-state index contributed by atoms with van der Waals surface area (Å²) >= 11 is 1.80. The molecule has 0 bridgehead atoms. The summed E-state index contributed by atoms with van der Waals surface area (Å²) < 4.78 is 6.08. The zero-order valence-corrected chi connectivity index (χ0v) is 14.9. The number of rotatable bonds is 0. The minimum absolute atomic E-state index is 0.0389. The lowest BCUT2D eigenvalue weighted by Crippen LogP contribution is -2.57. The summed E-state index contributed by atoms with van der Waals surface area (Å²) in [5, 5.41) is 1.12. The number of aliphatic imine (C=N–C) groups is 1. The Kier molecular flexibility index (Phi) is 2.88. The van der Waals surface area contributed by atoms with Gasteiger partial charge < -0.3 is 9.64 Å². The molecule has 2 atom stereocenters. The van der Waals surface area contributed by atoms with Crippen LogP contribution in [0.4, 0.5) is 5.69 Å². The van der Waals surface area contributed by atoms with Crippen LogP contribution in [0.3, 0.4) is 0 Å². The summed E-state index contributed by atoms with van der Waals surface area (Å²) in [5.41, 5.74) is 3.77. The largest absolute Gasteiger partial charge is 0.493 e. The molecule has 3 aliphatic rings. The van der Waals surface area contributed by atoms with Crippen molar-refractivity contribution >= 4 is 22.6 Å². The topological polar surface area (TPSA) is 24.8 Å². The molecule has 122 valence electrons. The molecule has 2 aromatic rings. The summed E-state index contributed by atoms with van der Waals surface area (Å²) in [6, 6.07) is 15.2. The molecule has 3 aliphatic heterocycles. The molecule has 4 heteroatoms. The van der Waals surface area contributed by atoms with Crippen molar-refractivity contribution in [2.24, 2.45) is 10.9 Å².